The summed E-state index contributed by atoms with van der Waals surface area (Å²) in [6.07, 6.45) is 1.49. The first-order valence-corrected chi connectivity index (χ1v) is 7.40. The van der Waals surface area contributed by atoms with Crippen molar-refractivity contribution in [2.75, 3.05) is 27.2 Å². The van der Waals surface area contributed by atoms with E-state index in [-0.39, 0.29) is 5.91 Å². The summed E-state index contributed by atoms with van der Waals surface area (Å²) in [7, 11) is 4.02. The second kappa shape index (κ2) is 7.26. The van der Waals surface area contributed by atoms with Crippen LogP contribution < -0.4 is 5.32 Å². The van der Waals surface area contributed by atoms with Crippen molar-refractivity contribution in [3.05, 3.63) is 40.7 Å². The molecule has 0 saturated carbocycles. The summed E-state index contributed by atoms with van der Waals surface area (Å²) in [5.41, 5.74) is 1.86. The van der Waals surface area contributed by atoms with Crippen molar-refractivity contribution in [3.63, 3.8) is 0 Å². The van der Waals surface area contributed by atoms with Crippen LogP contribution in [0, 0.1) is 13.8 Å². The van der Waals surface area contributed by atoms with Gasteiger partial charge in [-0.05, 0) is 53.0 Å². The highest BCUT2D eigenvalue weighted by molar-refractivity contribution is 5.91. The van der Waals surface area contributed by atoms with E-state index in [2.05, 4.69) is 15.4 Å². The van der Waals surface area contributed by atoms with E-state index in [1.165, 1.54) is 0 Å². The van der Waals surface area contributed by atoms with Gasteiger partial charge in [0.25, 0.3) is 5.91 Å². The number of carbonyl (C=O) groups is 1. The average molecular weight is 305 g/mol. The van der Waals surface area contributed by atoms with Gasteiger partial charge in [0.1, 0.15) is 11.5 Å². The normalized spacial score (nSPS) is 11.1. The maximum Gasteiger partial charge on any atom is 0.286 e. The van der Waals surface area contributed by atoms with Gasteiger partial charge < -0.3 is 19.2 Å². The number of carbonyl (C=O) groups excluding carboxylic acids is 1. The summed E-state index contributed by atoms with van der Waals surface area (Å²) in [6.45, 7) is 5.34. The van der Waals surface area contributed by atoms with Crippen LogP contribution in [0.25, 0.3) is 0 Å². The molecule has 0 aliphatic heterocycles. The Morgan fingerprint density at radius 2 is 2.09 bits per heavy atom. The van der Waals surface area contributed by atoms with Gasteiger partial charge in [-0.1, -0.05) is 5.16 Å². The predicted octanol–water partition coefficient (Wildman–Crippen LogP) is 2.16. The van der Waals surface area contributed by atoms with Gasteiger partial charge in [-0.25, -0.2) is 0 Å². The summed E-state index contributed by atoms with van der Waals surface area (Å²) in [5, 5.41) is 6.78. The number of furan rings is 1. The number of amides is 1. The number of nitrogens with one attached hydrogen (secondary N) is 1. The van der Waals surface area contributed by atoms with E-state index >= 15 is 0 Å². The third-order valence-corrected chi connectivity index (χ3v) is 3.49. The summed E-state index contributed by atoms with van der Waals surface area (Å²) in [5.74, 6) is 1.67. The monoisotopic (exact) mass is 305 g/mol. The van der Waals surface area contributed by atoms with Gasteiger partial charge in [0.2, 0.25) is 0 Å². The molecule has 0 aliphatic carbocycles. The van der Waals surface area contributed by atoms with Crippen LogP contribution in [0.1, 0.15) is 39.8 Å². The van der Waals surface area contributed by atoms with Crippen molar-refractivity contribution in [1.29, 1.82) is 0 Å². The molecule has 0 aliphatic rings. The largest absolute Gasteiger partial charge is 0.456 e. The minimum Gasteiger partial charge on any atom is -0.456 e. The quantitative estimate of drug-likeness (QED) is 0.794. The van der Waals surface area contributed by atoms with Gasteiger partial charge in [-0.3, -0.25) is 4.79 Å². The zero-order valence-electron chi connectivity index (χ0n) is 13.6. The van der Waals surface area contributed by atoms with Gasteiger partial charge in [-0.15, -0.1) is 0 Å². The molecule has 2 aromatic rings. The van der Waals surface area contributed by atoms with E-state index in [1.54, 1.807) is 6.07 Å². The summed E-state index contributed by atoms with van der Waals surface area (Å²) < 4.78 is 10.7. The van der Waals surface area contributed by atoms with E-state index in [0.717, 1.165) is 35.7 Å². The minimum atomic E-state index is -0.177. The number of hydrogen-bond acceptors (Lipinski definition) is 5. The maximum atomic E-state index is 12.0. The summed E-state index contributed by atoms with van der Waals surface area (Å²) in [6, 6.07) is 3.52. The van der Waals surface area contributed by atoms with E-state index in [4.69, 9.17) is 8.94 Å². The number of nitrogens with zero attached hydrogens (tertiary/aromatic N) is 2. The molecule has 0 atom stereocenters. The van der Waals surface area contributed by atoms with Crippen LogP contribution in [0.5, 0.6) is 0 Å². The van der Waals surface area contributed by atoms with Gasteiger partial charge in [0, 0.05) is 18.5 Å². The second-order valence-corrected chi connectivity index (χ2v) is 5.66. The standard InChI is InChI=1S/C16H23N3O3/c1-11-14(12(2)22-18-11)10-13-6-7-15(21-13)16(20)17-8-5-9-19(3)4/h6-7H,5,8-10H2,1-4H3,(H,17,20). The van der Waals surface area contributed by atoms with Crippen molar-refractivity contribution in [1.82, 2.24) is 15.4 Å². The van der Waals surface area contributed by atoms with Crippen molar-refractivity contribution < 1.29 is 13.7 Å². The second-order valence-electron chi connectivity index (χ2n) is 5.66. The summed E-state index contributed by atoms with van der Waals surface area (Å²) in [4.78, 5) is 14.1. The molecule has 1 N–H and O–H groups in total. The lowest BCUT2D eigenvalue weighted by Crippen LogP contribution is -2.26. The van der Waals surface area contributed by atoms with Crippen LogP contribution >= 0.6 is 0 Å². The Bertz CT molecular complexity index is 609. The molecule has 0 radical (unpaired) electrons. The molecular weight excluding hydrogens is 282 g/mol. The average Bonchev–Trinajstić information content (AvgIpc) is 3.05. The molecule has 0 aromatic carbocycles. The van der Waals surface area contributed by atoms with Gasteiger partial charge in [0.15, 0.2) is 5.76 Å². The zero-order chi connectivity index (χ0) is 16.1. The Labute approximate surface area is 130 Å². The van der Waals surface area contributed by atoms with E-state index < -0.39 is 0 Å². The molecule has 0 unspecified atom stereocenters. The highest BCUT2D eigenvalue weighted by Gasteiger charge is 2.14. The lowest BCUT2D eigenvalue weighted by molar-refractivity contribution is 0.0923. The van der Waals surface area contributed by atoms with Crippen molar-refractivity contribution in [3.8, 4) is 0 Å². The minimum absolute atomic E-state index is 0.177. The fraction of sp³-hybridized carbons (Fsp3) is 0.500. The first-order valence-electron chi connectivity index (χ1n) is 7.40. The first kappa shape index (κ1) is 16.3. The molecule has 0 saturated heterocycles. The molecule has 6 nitrogen and oxygen atoms in total. The fourth-order valence-corrected chi connectivity index (χ4v) is 2.21. The number of rotatable bonds is 7. The number of aromatic nitrogens is 1. The first-order chi connectivity index (χ1) is 10.5. The van der Waals surface area contributed by atoms with Crippen LogP contribution in [-0.2, 0) is 6.42 Å². The molecule has 22 heavy (non-hydrogen) atoms. The topological polar surface area (TPSA) is 71.5 Å². The van der Waals surface area contributed by atoms with Crippen molar-refractivity contribution >= 4 is 5.91 Å². The van der Waals surface area contributed by atoms with Crippen LogP contribution in [0.15, 0.2) is 21.1 Å². The van der Waals surface area contributed by atoms with Gasteiger partial charge >= 0.3 is 0 Å². The molecule has 2 aromatic heterocycles. The van der Waals surface area contributed by atoms with E-state index in [1.807, 2.05) is 34.0 Å². The van der Waals surface area contributed by atoms with E-state index in [9.17, 15) is 4.79 Å². The highest BCUT2D eigenvalue weighted by Crippen LogP contribution is 2.19. The SMILES string of the molecule is Cc1noc(C)c1Cc1ccc(C(=O)NCCCN(C)C)o1. The molecule has 120 valence electrons. The smallest absolute Gasteiger partial charge is 0.286 e. The number of aryl methyl sites for hydroxylation is 2. The molecule has 2 rings (SSSR count). The molecule has 0 spiro atoms. The highest BCUT2D eigenvalue weighted by atomic mass is 16.5. The molecule has 0 fully saturated rings. The third-order valence-electron chi connectivity index (χ3n) is 3.49. The van der Waals surface area contributed by atoms with Crippen molar-refractivity contribution in [2.24, 2.45) is 0 Å². The van der Waals surface area contributed by atoms with Gasteiger partial charge in [0.05, 0.1) is 5.69 Å². The van der Waals surface area contributed by atoms with E-state index in [0.29, 0.717) is 18.7 Å². The predicted molar refractivity (Wildman–Crippen MR) is 83.0 cm³/mol. The molecule has 2 heterocycles. The third kappa shape index (κ3) is 4.21. The van der Waals surface area contributed by atoms with Crippen molar-refractivity contribution in [2.45, 2.75) is 26.7 Å². The Morgan fingerprint density at radius 1 is 1.32 bits per heavy atom. The van der Waals surface area contributed by atoms with Gasteiger partial charge in [-0.2, -0.15) is 0 Å². The van der Waals surface area contributed by atoms with Crippen LogP contribution in [-0.4, -0.2) is 43.1 Å². The van der Waals surface area contributed by atoms with Crippen LogP contribution in [0.4, 0.5) is 0 Å². The maximum absolute atomic E-state index is 12.0. The molecule has 1 amide bonds. The van der Waals surface area contributed by atoms with Crippen LogP contribution in [0.2, 0.25) is 0 Å². The Balaban J connectivity index is 1.89. The Kier molecular flexibility index (Phi) is 5.38. The Hall–Kier alpha value is -2.08. The molecule has 6 heteroatoms. The fourth-order valence-electron chi connectivity index (χ4n) is 2.21. The molecule has 0 bridgehead atoms. The molecular formula is C16H23N3O3. The Morgan fingerprint density at radius 3 is 2.73 bits per heavy atom. The zero-order valence-corrected chi connectivity index (χ0v) is 13.6. The number of hydrogen-bond donors (Lipinski definition) is 1. The van der Waals surface area contributed by atoms with Crippen LogP contribution in [0.3, 0.4) is 0 Å². The summed E-state index contributed by atoms with van der Waals surface area (Å²) >= 11 is 0. The lowest BCUT2D eigenvalue weighted by atomic mass is 10.1. The lowest BCUT2D eigenvalue weighted by Gasteiger charge is -2.09.